The molecule has 1 aromatic heterocycles. The van der Waals surface area contributed by atoms with Crippen LogP contribution in [0.15, 0.2) is 59.9 Å². The highest BCUT2D eigenvalue weighted by Gasteiger charge is 2.28. The number of amides is 1. The first-order valence-electron chi connectivity index (χ1n) is 12.6. The van der Waals surface area contributed by atoms with E-state index in [0.29, 0.717) is 5.96 Å². The first-order valence-corrected chi connectivity index (χ1v) is 12.6. The van der Waals surface area contributed by atoms with E-state index >= 15 is 0 Å². The molecule has 9 heteroatoms. The second kappa shape index (κ2) is 10.8. The Bertz CT molecular complexity index is 1250. The number of fused-ring (bicyclic) bond motifs is 1. The lowest BCUT2D eigenvalue weighted by atomic mass is 9.95. The molecule has 188 valence electrons. The van der Waals surface area contributed by atoms with Gasteiger partial charge in [0.15, 0.2) is 5.96 Å². The number of esters is 1. The highest BCUT2D eigenvalue weighted by Crippen LogP contribution is 2.33. The van der Waals surface area contributed by atoms with E-state index in [2.05, 4.69) is 31.2 Å². The number of aromatic nitrogens is 2. The van der Waals surface area contributed by atoms with Crippen molar-refractivity contribution in [3.8, 4) is 0 Å². The Morgan fingerprint density at radius 1 is 1.14 bits per heavy atom. The minimum atomic E-state index is -0.267. The summed E-state index contributed by atoms with van der Waals surface area (Å²) in [5.74, 6) is 0.339. The van der Waals surface area contributed by atoms with Crippen molar-refractivity contribution >= 4 is 34.6 Å². The molecule has 1 atom stereocenters. The molecule has 1 fully saturated rings. The maximum absolute atomic E-state index is 12.7. The van der Waals surface area contributed by atoms with Crippen LogP contribution >= 0.6 is 0 Å². The fourth-order valence-corrected chi connectivity index (χ4v) is 5.06. The van der Waals surface area contributed by atoms with Gasteiger partial charge in [-0.25, -0.2) is 4.98 Å². The predicted molar refractivity (Wildman–Crippen MR) is 139 cm³/mol. The minimum Gasteiger partial charge on any atom is -0.469 e. The summed E-state index contributed by atoms with van der Waals surface area (Å²) in [5, 5.41) is 6.10. The van der Waals surface area contributed by atoms with Crippen LogP contribution in [0.3, 0.4) is 0 Å². The van der Waals surface area contributed by atoms with Crippen LogP contribution in [0.25, 0.3) is 11.0 Å². The number of aliphatic imine (C=N–C) groups is 1. The number of nitrogens with zero attached hydrogens (tertiary/aromatic N) is 4. The molecule has 2 aliphatic rings. The lowest BCUT2D eigenvalue weighted by Gasteiger charge is -2.33. The maximum Gasteiger partial charge on any atom is 0.307 e. The number of methoxy groups -OCH3 is 1. The number of imidazole rings is 1. The van der Waals surface area contributed by atoms with Crippen molar-refractivity contribution in [2.45, 2.75) is 31.7 Å². The number of guanidine groups is 1. The van der Waals surface area contributed by atoms with E-state index in [4.69, 9.17) is 9.72 Å². The lowest BCUT2D eigenvalue weighted by molar-refractivity contribution is -0.141. The number of ether oxygens (including phenoxy) is 1. The summed E-state index contributed by atoms with van der Waals surface area (Å²) in [7, 11) is 1.41. The molecule has 0 bridgehead atoms. The van der Waals surface area contributed by atoms with Gasteiger partial charge in [-0.3, -0.25) is 19.9 Å². The van der Waals surface area contributed by atoms with Gasteiger partial charge in [-0.05, 0) is 37.0 Å². The van der Waals surface area contributed by atoms with E-state index in [-0.39, 0.29) is 30.3 Å². The SMILES string of the molecule is COC(=O)CC(c1ccccc1)n1cnc2c(N3CCC(C(=O)NC4=NCCCN4)CC3)cccc21. The average Bonchev–Trinajstić information content (AvgIpc) is 3.37. The fourth-order valence-electron chi connectivity index (χ4n) is 5.06. The number of nitrogens with one attached hydrogen (secondary N) is 2. The van der Waals surface area contributed by atoms with Gasteiger partial charge < -0.3 is 19.5 Å². The van der Waals surface area contributed by atoms with Crippen molar-refractivity contribution in [2.24, 2.45) is 10.9 Å². The van der Waals surface area contributed by atoms with Crippen LogP contribution in [0, 0.1) is 5.92 Å². The first-order chi connectivity index (χ1) is 17.6. The second-order valence-corrected chi connectivity index (χ2v) is 9.26. The number of rotatable bonds is 6. The molecular weight excluding hydrogens is 456 g/mol. The van der Waals surface area contributed by atoms with Gasteiger partial charge in [-0.1, -0.05) is 36.4 Å². The number of hydrogen-bond acceptors (Lipinski definition) is 7. The molecule has 0 spiro atoms. The summed E-state index contributed by atoms with van der Waals surface area (Å²) in [6, 6.07) is 15.9. The van der Waals surface area contributed by atoms with Crippen molar-refractivity contribution in [1.82, 2.24) is 20.2 Å². The van der Waals surface area contributed by atoms with Crippen molar-refractivity contribution < 1.29 is 14.3 Å². The number of para-hydroxylation sites is 1. The Morgan fingerprint density at radius 3 is 2.67 bits per heavy atom. The van der Waals surface area contributed by atoms with Crippen LogP contribution in [-0.4, -0.2) is 60.7 Å². The zero-order chi connectivity index (χ0) is 24.9. The number of carbonyl (C=O) groups is 2. The molecule has 3 heterocycles. The van der Waals surface area contributed by atoms with Crippen LogP contribution in [0.2, 0.25) is 0 Å². The summed E-state index contributed by atoms with van der Waals surface area (Å²) in [5.41, 5.74) is 3.93. The maximum atomic E-state index is 12.7. The highest BCUT2D eigenvalue weighted by atomic mass is 16.5. The van der Waals surface area contributed by atoms with Gasteiger partial charge >= 0.3 is 5.97 Å². The molecule has 1 amide bonds. The third-order valence-corrected chi connectivity index (χ3v) is 7.04. The second-order valence-electron chi connectivity index (χ2n) is 9.26. The van der Waals surface area contributed by atoms with Crippen LogP contribution < -0.4 is 15.5 Å². The molecule has 5 rings (SSSR count). The van der Waals surface area contributed by atoms with Gasteiger partial charge in [0.25, 0.3) is 0 Å². The standard InChI is InChI=1S/C27H32N6O3/c1-36-24(34)17-23(19-7-3-2-4-8-19)33-18-30-25-21(9-5-10-22(25)33)32-15-11-20(12-16-32)26(35)31-27-28-13-6-14-29-27/h2-5,7-10,18,20,23H,6,11-17H2,1H3,(H2,28,29,31,35). The van der Waals surface area contributed by atoms with E-state index < -0.39 is 0 Å². The third kappa shape index (κ3) is 5.05. The first kappa shape index (κ1) is 23.8. The normalized spacial score (nSPS) is 17.2. The quantitative estimate of drug-likeness (QED) is 0.518. The number of hydrogen-bond donors (Lipinski definition) is 2. The number of piperidine rings is 1. The summed E-state index contributed by atoms with van der Waals surface area (Å²) in [6.45, 7) is 3.14. The van der Waals surface area contributed by atoms with Crippen LogP contribution in [-0.2, 0) is 14.3 Å². The molecule has 1 saturated heterocycles. The van der Waals surface area contributed by atoms with E-state index in [1.165, 1.54) is 7.11 Å². The largest absolute Gasteiger partial charge is 0.469 e. The van der Waals surface area contributed by atoms with Crippen molar-refractivity contribution in [3.05, 3.63) is 60.4 Å². The van der Waals surface area contributed by atoms with E-state index in [1.54, 1.807) is 0 Å². The summed E-state index contributed by atoms with van der Waals surface area (Å²) in [6.07, 6.45) is 4.56. The smallest absolute Gasteiger partial charge is 0.307 e. The Labute approximate surface area is 210 Å². The van der Waals surface area contributed by atoms with Crippen LogP contribution in [0.4, 0.5) is 5.69 Å². The molecule has 2 N–H and O–H groups in total. The zero-order valence-corrected chi connectivity index (χ0v) is 20.5. The van der Waals surface area contributed by atoms with Gasteiger partial charge in [0.05, 0.1) is 37.1 Å². The molecule has 2 aliphatic heterocycles. The molecule has 0 aliphatic carbocycles. The van der Waals surface area contributed by atoms with Crippen molar-refractivity contribution in [2.75, 3.05) is 38.2 Å². The van der Waals surface area contributed by atoms with Gasteiger partial charge in [-0.15, -0.1) is 0 Å². The van der Waals surface area contributed by atoms with Crippen LogP contribution in [0.1, 0.15) is 37.3 Å². The van der Waals surface area contributed by atoms with Crippen molar-refractivity contribution in [3.63, 3.8) is 0 Å². The molecule has 36 heavy (non-hydrogen) atoms. The minimum absolute atomic E-state index is 0.0352. The molecule has 2 aromatic carbocycles. The average molecular weight is 489 g/mol. The molecule has 1 unspecified atom stereocenters. The molecular formula is C27H32N6O3. The Balaban J connectivity index is 1.34. The summed E-state index contributed by atoms with van der Waals surface area (Å²) in [4.78, 5) is 36.4. The van der Waals surface area contributed by atoms with Gasteiger partial charge in [-0.2, -0.15) is 0 Å². The molecule has 3 aromatic rings. The summed E-state index contributed by atoms with van der Waals surface area (Å²) < 4.78 is 7.04. The monoisotopic (exact) mass is 488 g/mol. The predicted octanol–water partition coefficient (Wildman–Crippen LogP) is 2.87. The summed E-state index contributed by atoms with van der Waals surface area (Å²) >= 11 is 0. The number of carbonyl (C=O) groups excluding carboxylic acids is 2. The van der Waals surface area contributed by atoms with Gasteiger partial charge in [0, 0.05) is 32.1 Å². The molecule has 9 nitrogen and oxygen atoms in total. The number of anilines is 1. The van der Waals surface area contributed by atoms with E-state index in [9.17, 15) is 9.59 Å². The Kier molecular flexibility index (Phi) is 7.16. The topological polar surface area (TPSA) is 101 Å². The highest BCUT2D eigenvalue weighted by molar-refractivity contribution is 5.98. The fraction of sp³-hybridized carbons (Fsp3) is 0.407. The lowest BCUT2D eigenvalue weighted by Crippen LogP contribution is -2.48. The van der Waals surface area contributed by atoms with E-state index in [1.807, 2.05) is 48.8 Å². The van der Waals surface area contributed by atoms with E-state index in [0.717, 1.165) is 67.7 Å². The molecule has 0 saturated carbocycles. The number of benzene rings is 2. The van der Waals surface area contributed by atoms with Gasteiger partial charge in [0.2, 0.25) is 5.91 Å². The van der Waals surface area contributed by atoms with Crippen LogP contribution in [0.5, 0.6) is 0 Å². The Hall–Kier alpha value is -3.88. The van der Waals surface area contributed by atoms with Crippen molar-refractivity contribution in [1.29, 1.82) is 0 Å². The molecule has 0 radical (unpaired) electrons. The van der Waals surface area contributed by atoms with Gasteiger partial charge in [0.1, 0.15) is 5.52 Å². The Morgan fingerprint density at radius 2 is 1.94 bits per heavy atom. The zero-order valence-electron chi connectivity index (χ0n) is 20.5. The third-order valence-electron chi connectivity index (χ3n) is 7.04.